The summed E-state index contributed by atoms with van der Waals surface area (Å²) in [6, 6.07) is 8.65. The second kappa shape index (κ2) is 4.96. The summed E-state index contributed by atoms with van der Waals surface area (Å²) in [6.45, 7) is 0. The number of nitrogens with one attached hydrogen (secondary N) is 2. The Morgan fingerprint density at radius 1 is 1.15 bits per heavy atom. The number of anilines is 2. The van der Waals surface area contributed by atoms with Gasteiger partial charge in [0.2, 0.25) is 0 Å². The number of benzene rings is 1. The Balaban J connectivity index is 1.72. The summed E-state index contributed by atoms with van der Waals surface area (Å²) in [5.74, 6) is -0.409. The number of halogens is 1. The maximum atomic E-state index is 13.0. The number of nitrogens with zero attached hydrogens (tertiary/aromatic N) is 3. The molecule has 2 aromatic heterocycles. The zero-order valence-electron chi connectivity index (χ0n) is 10.2. The van der Waals surface area contributed by atoms with E-state index in [0.29, 0.717) is 17.0 Å². The Labute approximate surface area is 113 Å². The van der Waals surface area contributed by atoms with Crippen molar-refractivity contribution in [2.45, 2.75) is 0 Å². The lowest BCUT2D eigenvalue weighted by Crippen LogP contribution is -2.19. The molecule has 0 saturated heterocycles. The van der Waals surface area contributed by atoms with Crippen LogP contribution in [0.2, 0.25) is 0 Å². The highest BCUT2D eigenvalue weighted by molar-refractivity contribution is 5.99. The average molecular weight is 271 g/mol. The van der Waals surface area contributed by atoms with E-state index in [9.17, 15) is 9.18 Å². The van der Waals surface area contributed by atoms with Crippen LogP contribution < -0.4 is 10.6 Å². The molecule has 0 fully saturated rings. The number of urea groups is 1. The van der Waals surface area contributed by atoms with Crippen molar-refractivity contribution in [2.75, 3.05) is 10.6 Å². The van der Waals surface area contributed by atoms with E-state index in [1.807, 2.05) is 0 Å². The lowest BCUT2D eigenvalue weighted by Gasteiger charge is -2.07. The van der Waals surface area contributed by atoms with E-state index in [1.165, 1.54) is 24.5 Å². The standard InChI is InChI=1S/C13H10FN5O/c14-9-2-1-3-10(6-9)16-13(20)17-11-4-5-12-18-15-8-19(12)7-11/h1-8H,(H2,16,17,20). The summed E-state index contributed by atoms with van der Waals surface area (Å²) in [5.41, 5.74) is 1.64. The molecular weight excluding hydrogens is 261 g/mol. The molecule has 3 rings (SSSR count). The molecule has 0 unspecified atom stereocenters. The first-order chi connectivity index (χ1) is 9.70. The van der Waals surface area contributed by atoms with Crippen LogP contribution in [-0.4, -0.2) is 20.6 Å². The summed E-state index contributed by atoms with van der Waals surface area (Å²) in [7, 11) is 0. The van der Waals surface area contributed by atoms with Crippen LogP contribution in [0, 0.1) is 5.82 Å². The van der Waals surface area contributed by atoms with Crippen molar-refractivity contribution in [1.29, 1.82) is 0 Å². The Kier molecular flexibility index (Phi) is 3.00. The first kappa shape index (κ1) is 12.1. The predicted molar refractivity (Wildman–Crippen MR) is 72.0 cm³/mol. The van der Waals surface area contributed by atoms with Crippen LogP contribution in [0.4, 0.5) is 20.6 Å². The van der Waals surface area contributed by atoms with E-state index in [2.05, 4.69) is 20.8 Å². The van der Waals surface area contributed by atoms with Crippen molar-refractivity contribution < 1.29 is 9.18 Å². The van der Waals surface area contributed by atoms with Crippen LogP contribution in [0.5, 0.6) is 0 Å². The maximum Gasteiger partial charge on any atom is 0.323 e. The molecule has 3 aromatic rings. The SMILES string of the molecule is O=C(Nc1cccc(F)c1)Nc1ccc2nncn2c1. The summed E-state index contributed by atoms with van der Waals surface area (Å²) in [5, 5.41) is 12.8. The number of rotatable bonds is 2. The number of hydrogen-bond acceptors (Lipinski definition) is 3. The molecule has 0 bridgehead atoms. The monoisotopic (exact) mass is 271 g/mol. The number of carbonyl (C=O) groups excluding carboxylic acids is 1. The van der Waals surface area contributed by atoms with Gasteiger partial charge in [-0.25, -0.2) is 9.18 Å². The Morgan fingerprint density at radius 3 is 2.85 bits per heavy atom. The van der Waals surface area contributed by atoms with Gasteiger partial charge in [0.25, 0.3) is 0 Å². The van der Waals surface area contributed by atoms with Crippen LogP contribution >= 0.6 is 0 Å². The van der Waals surface area contributed by atoms with Crippen molar-refractivity contribution in [3.8, 4) is 0 Å². The minimum Gasteiger partial charge on any atom is -0.308 e. The lowest BCUT2D eigenvalue weighted by atomic mass is 10.3. The Hall–Kier alpha value is -2.96. The first-order valence-corrected chi connectivity index (χ1v) is 5.84. The third kappa shape index (κ3) is 2.56. The zero-order valence-corrected chi connectivity index (χ0v) is 10.2. The third-order valence-electron chi connectivity index (χ3n) is 2.63. The molecule has 0 atom stereocenters. The second-order valence-corrected chi connectivity index (χ2v) is 4.10. The molecule has 0 spiro atoms. The van der Waals surface area contributed by atoms with E-state index in [0.717, 1.165) is 0 Å². The molecule has 2 heterocycles. The molecule has 0 aliphatic rings. The fourth-order valence-electron chi connectivity index (χ4n) is 1.76. The molecule has 0 aliphatic heterocycles. The van der Waals surface area contributed by atoms with Gasteiger partial charge in [0.1, 0.15) is 12.1 Å². The van der Waals surface area contributed by atoms with Crippen LogP contribution in [0.15, 0.2) is 48.9 Å². The third-order valence-corrected chi connectivity index (χ3v) is 2.63. The summed E-state index contributed by atoms with van der Waals surface area (Å²) in [4.78, 5) is 11.8. The molecule has 2 N–H and O–H groups in total. The smallest absolute Gasteiger partial charge is 0.308 e. The molecule has 1 aromatic carbocycles. The molecule has 0 saturated carbocycles. The quantitative estimate of drug-likeness (QED) is 0.752. The van der Waals surface area contributed by atoms with E-state index < -0.39 is 11.8 Å². The molecule has 2 amide bonds. The number of fused-ring (bicyclic) bond motifs is 1. The van der Waals surface area contributed by atoms with Crippen LogP contribution in [0.3, 0.4) is 0 Å². The van der Waals surface area contributed by atoms with Crippen molar-refractivity contribution in [1.82, 2.24) is 14.6 Å². The van der Waals surface area contributed by atoms with Gasteiger partial charge in [0.15, 0.2) is 5.65 Å². The minimum absolute atomic E-state index is 0.382. The van der Waals surface area contributed by atoms with Gasteiger partial charge in [-0.05, 0) is 30.3 Å². The molecule has 7 heteroatoms. The first-order valence-electron chi connectivity index (χ1n) is 5.84. The van der Waals surface area contributed by atoms with Gasteiger partial charge in [-0.2, -0.15) is 0 Å². The topological polar surface area (TPSA) is 71.3 Å². The molecule has 100 valence electrons. The van der Waals surface area contributed by atoms with Crippen molar-refractivity contribution in [3.63, 3.8) is 0 Å². The van der Waals surface area contributed by atoms with Gasteiger partial charge in [0, 0.05) is 11.9 Å². The van der Waals surface area contributed by atoms with Gasteiger partial charge in [-0.3, -0.25) is 4.40 Å². The fraction of sp³-hybridized carbons (Fsp3) is 0. The number of amides is 2. The summed E-state index contributed by atoms with van der Waals surface area (Å²) < 4.78 is 14.7. The zero-order chi connectivity index (χ0) is 13.9. The van der Waals surface area contributed by atoms with Gasteiger partial charge in [-0.15, -0.1) is 10.2 Å². The highest BCUT2D eigenvalue weighted by atomic mass is 19.1. The van der Waals surface area contributed by atoms with E-state index in [-0.39, 0.29) is 0 Å². The lowest BCUT2D eigenvalue weighted by molar-refractivity contribution is 0.262. The summed E-state index contributed by atoms with van der Waals surface area (Å²) in [6.07, 6.45) is 3.21. The number of pyridine rings is 1. The molecule has 0 aliphatic carbocycles. The molecule has 20 heavy (non-hydrogen) atoms. The molecular formula is C13H10FN5O. The maximum absolute atomic E-state index is 13.0. The van der Waals surface area contributed by atoms with Crippen LogP contribution in [-0.2, 0) is 0 Å². The fourth-order valence-corrected chi connectivity index (χ4v) is 1.76. The van der Waals surface area contributed by atoms with Gasteiger partial charge in [0.05, 0.1) is 5.69 Å². The van der Waals surface area contributed by atoms with Crippen molar-refractivity contribution in [2.24, 2.45) is 0 Å². The van der Waals surface area contributed by atoms with Crippen molar-refractivity contribution >= 4 is 23.1 Å². The Morgan fingerprint density at radius 2 is 2.00 bits per heavy atom. The average Bonchev–Trinajstić information content (AvgIpc) is 2.86. The molecule has 0 radical (unpaired) electrons. The van der Waals surface area contributed by atoms with Gasteiger partial charge >= 0.3 is 6.03 Å². The predicted octanol–water partition coefficient (Wildman–Crippen LogP) is 2.51. The number of hydrogen-bond donors (Lipinski definition) is 2. The Bertz CT molecular complexity index is 770. The minimum atomic E-state index is -0.456. The second-order valence-electron chi connectivity index (χ2n) is 4.10. The number of carbonyl (C=O) groups is 1. The molecule has 6 nitrogen and oxygen atoms in total. The van der Waals surface area contributed by atoms with E-state index >= 15 is 0 Å². The normalized spacial score (nSPS) is 10.4. The van der Waals surface area contributed by atoms with E-state index in [1.54, 1.807) is 28.8 Å². The van der Waals surface area contributed by atoms with Gasteiger partial charge < -0.3 is 10.6 Å². The largest absolute Gasteiger partial charge is 0.323 e. The van der Waals surface area contributed by atoms with Crippen LogP contribution in [0.25, 0.3) is 5.65 Å². The summed E-state index contributed by atoms with van der Waals surface area (Å²) >= 11 is 0. The van der Waals surface area contributed by atoms with Gasteiger partial charge in [-0.1, -0.05) is 6.07 Å². The van der Waals surface area contributed by atoms with Crippen LogP contribution in [0.1, 0.15) is 0 Å². The van der Waals surface area contributed by atoms with E-state index in [4.69, 9.17) is 0 Å². The van der Waals surface area contributed by atoms with Crippen molar-refractivity contribution in [3.05, 3.63) is 54.7 Å². The highest BCUT2D eigenvalue weighted by Crippen LogP contribution is 2.12. The number of aromatic nitrogens is 3. The highest BCUT2D eigenvalue weighted by Gasteiger charge is 2.04.